The molecule has 1 N–H and O–H groups in total. The topological polar surface area (TPSA) is 105 Å². The van der Waals surface area contributed by atoms with Crippen LogP contribution in [0, 0.1) is 15.5 Å². The Morgan fingerprint density at radius 3 is 2.52 bits per heavy atom. The van der Waals surface area contributed by atoms with E-state index < -0.39 is 10.5 Å². The van der Waals surface area contributed by atoms with E-state index in [-0.39, 0.29) is 28.8 Å². The van der Waals surface area contributed by atoms with Crippen LogP contribution < -0.4 is 10.2 Å². The summed E-state index contributed by atoms with van der Waals surface area (Å²) in [4.78, 5) is 38.5. The Kier molecular flexibility index (Phi) is 5.42. The van der Waals surface area contributed by atoms with Crippen LogP contribution in [0.25, 0.3) is 0 Å². The van der Waals surface area contributed by atoms with Gasteiger partial charge in [-0.2, -0.15) is 0 Å². The summed E-state index contributed by atoms with van der Waals surface area (Å²) < 4.78 is 5.49. The van der Waals surface area contributed by atoms with Crippen molar-refractivity contribution in [2.75, 3.05) is 36.4 Å². The third-order valence-corrected chi connectivity index (χ3v) is 5.38. The molecule has 9 heteroatoms. The number of carbonyl (C=O) groups excluding carboxylic acids is 2. The van der Waals surface area contributed by atoms with Gasteiger partial charge in [0.05, 0.1) is 4.92 Å². The number of nitro groups is 1. The van der Waals surface area contributed by atoms with E-state index in [1.165, 1.54) is 13.0 Å². The maximum Gasteiger partial charge on any atom is 0.410 e. The van der Waals surface area contributed by atoms with Crippen molar-refractivity contribution >= 4 is 29.1 Å². The standard InChI is InChI=1S/C20H28N4O5/c1-14(25)21-16-6-5-15(11-17(16)24(27)28)22-9-7-20(12-22)8-10-23(13-20)18(26)29-19(2,3)4/h5-6,11H,7-10,12-13H2,1-4H3,(H,21,25). The van der Waals surface area contributed by atoms with Crippen molar-refractivity contribution in [2.24, 2.45) is 5.41 Å². The Morgan fingerprint density at radius 1 is 1.21 bits per heavy atom. The molecule has 1 spiro atoms. The lowest BCUT2D eigenvalue weighted by Gasteiger charge is -2.27. The number of rotatable bonds is 3. The zero-order chi connectivity index (χ0) is 21.4. The summed E-state index contributed by atoms with van der Waals surface area (Å²) in [6, 6.07) is 4.87. The molecule has 0 radical (unpaired) electrons. The van der Waals surface area contributed by atoms with Gasteiger partial charge in [-0.25, -0.2) is 4.79 Å². The van der Waals surface area contributed by atoms with Gasteiger partial charge in [-0.05, 0) is 45.7 Å². The molecular weight excluding hydrogens is 376 g/mol. The number of nitrogens with zero attached hydrogens (tertiary/aromatic N) is 3. The molecule has 29 heavy (non-hydrogen) atoms. The number of nitrogens with one attached hydrogen (secondary N) is 1. The second kappa shape index (κ2) is 7.53. The quantitative estimate of drug-likeness (QED) is 0.612. The number of likely N-dealkylation sites (tertiary alicyclic amines) is 1. The Morgan fingerprint density at radius 2 is 1.90 bits per heavy atom. The average molecular weight is 404 g/mol. The number of benzene rings is 1. The largest absolute Gasteiger partial charge is 0.444 e. The van der Waals surface area contributed by atoms with E-state index in [9.17, 15) is 19.7 Å². The molecule has 2 aliphatic heterocycles. The fourth-order valence-electron chi connectivity index (χ4n) is 4.07. The van der Waals surface area contributed by atoms with Crippen molar-refractivity contribution in [1.29, 1.82) is 0 Å². The first-order valence-corrected chi connectivity index (χ1v) is 9.77. The number of hydrogen-bond donors (Lipinski definition) is 1. The van der Waals surface area contributed by atoms with E-state index in [0.29, 0.717) is 13.1 Å². The minimum atomic E-state index is -0.525. The fraction of sp³-hybridized carbons (Fsp3) is 0.600. The minimum Gasteiger partial charge on any atom is -0.444 e. The third-order valence-electron chi connectivity index (χ3n) is 5.38. The summed E-state index contributed by atoms with van der Waals surface area (Å²) in [7, 11) is 0. The van der Waals surface area contributed by atoms with E-state index in [1.807, 2.05) is 20.8 Å². The molecule has 1 aromatic rings. The maximum atomic E-state index is 12.4. The lowest BCUT2D eigenvalue weighted by molar-refractivity contribution is -0.383. The van der Waals surface area contributed by atoms with Gasteiger partial charge in [-0.15, -0.1) is 0 Å². The number of amides is 2. The second-order valence-electron chi connectivity index (χ2n) is 8.96. The molecule has 1 aromatic carbocycles. The van der Waals surface area contributed by atoms with Crippen LogP contribution >= 0.6 is 0 Å². The Balaban J connectivity index is 1.71. The Bertz CT molecular complexity index is 835. The highest BCUT2D eigenvalue weighted by molar-refractivity contribution is 5.91. The molecule has 0 aromatic heterocycles. The first kappa shape index (κ1) is 20.9. The highest BCUT2D eigenvalue weighted by Crippen LogP contribution is 2.42. The zero-order valence-electron chi connectivity index (χ0n) is 17.4. The van der Waals surface area contributed by atoms with Crippen LogP contribution in [0.1, 0.15) is 40.5 Å². The molecule has 2 saturated heterocycles. The SMILES string of the molecule is CC(=O)Nc1ccc(N2CCC3(CCN(C(=O)OC(C)(C)C)C3)C2)cc1[N+](=O)[O-]. The highest BCUT2D eigenvalue weighted by atomic mass is 16.6. The van der Waals surface area contributed by atoms with Gasteiger partial charge >= 0.3 is 6.09 Å². The van der Waals surface area contributed by atoms with E-state index in [4.69, 9.17) is 4.74 Å². The smallest absolute Gasteiger partial charge is 0.410 e. The van der Waals surface area contributed by atoms with Crippen molar-refractivity contribution in [3.05, 3.63) is 28.3 Å². The highest BCUT2D eigenvalue weighted by Gasteiger charge is 2.45. The van der Waals surface area contributed by atoms with Crippen LogP contribution in [0.5, 0.6) is 0 Å². The summed E-state index contributed by atoms with van der Waals surface area (Å²) in [6.07, 6.45) is 1.51. The summed E-state index contributed by atoms with van der Waals surface area (Å²) in [5.41, 5.74) is 0.265. The normalized spacial score (nSPS) is 21.5. The van der Waals surface area contributed by atoms with Crippen LogP contribution in [-0.4, -0.2) is 53.6 Å². The van der Waals surface area contributed by atoms with Gasteiger partial charge in [-0.3, -0.25) is 14.9 Å². The molecule has 1 atom stereocenters. The molecule has 1 unspecified atom stereocenters. The summed E-state index contributed by atoms with van der Waals surface area (Å²) in [5, 5.41) is 13.9. The minimum absolute atomic E-state index is 0.0258. The maximum absolute atomic E-state index is 12.4. The van der Waals surface area contributed by atoms with E-state index in [1.54, 1.807) is 17.0 Å². The number of ether oxygens (including phenoxy) is 1. The summed E-state index contributed by atoms with van der Waals surface area (Å²) in [5.74, 6) is -0.353. The van der Waals surface area contributed by atoms with Gasteiger partial charge in [0.15, 0.2) is 0 Å². The van der Waals surface area contributed by atoms with E-state index >= 15 is 0 Å². The van der Waals surface area contributed by atoms with Gasteiger partial charge in [0.1, 0.15) is 11.3 Å². The molecule has 2 amide bonds. The van der Waals surface area contributed by atoms with Crippen LogP contribution in [0.3, 0.4) is 0 Å². The van der Waals surface area contributed by atoms with Crippen molar-refractivity contribution in [3.8, 4) is 0 Å². The molecule has 0 saturated carbocycles. The first-order valence-electron chi connectivity index (χ1n) is 9.77. The van der Waals surface area contributed by atoms with Crippen LogP contribution in [0.15, 0.2) is 18.2 Å². The monoisotopic (exact) mass is 404 g/mol. The third kappa shape index (κ3) is 4.78. The predicted molar refractivity (Wildman–Crippen MR) is 109 cm³/mol. The lowest BCUT2D eigenvalue weighted by atomic mass is 9.86. The summed E-state index contributed by atoms with van der Waals surface area (Å²) in [6.45, 7) is 9.65. The molecule has 0 bridgehead atoms. The van der Waals surface area contributed by atoms with E-state index in [2.05, 4.69) is 10.2 Å². The first-order chi connectivity index (χ1) is 13.5. The lowest BCUT2D eigenvalue weighted by Crippen LogP contribution is -2.37. The van der Waals surface area contributed by atoms with Gasteiger partial charge < -0.3 is 19.9 Å². The average Bonchev–Trinajstić information content (AvgIpc) is 3.20. The number of hydrogen-bond acceptors (Lipinski definition) is 6. The van der Waals surface area contributed by atoms with Crippen molar-refractivity contribution in [2.45, 2.75) is 46.1 Å². The molecule has 2 heterocycles. The Hall–Kier alpha value is -2.84. The van der Waals surface area contributed by atoms with Crippen LogP contribution in [-0.2, 0) is 9.53 Å². The van der Waals surface area contributed by atoms with Gasteiger partial charge in [-0.1, -0.05) is 0 Å². The van der Waals surface area contributed by atoms with Crippen LogP contribution in [0.4, 0.5) is 21.9 Å². The van der Waals surface area contributed by atoms with Crippen LogP contribution in [0.2, 0.25) is 0 Å². The molecular formula is C20H28N4O5. The molecule has 3 rings (SSSR count). The van der Waals surface area contributed by atoms with Crippen molar-refractivity contribution in [3.63, 3.8) is 0 Å². The second-order valence-corrected chi connectivity index (χ2v) is 8.96. The van der Waals surface area contributed by atoms with Gasteiger partial charge in [0.2, 0.25) is 5.91 Å². The number of carbonyl (C=O) groups is 2. The molecule has 9 nitrogen and oxygen atoms in total. The summed E-state index contributed by atoms with van der Waals surface area (Å²) >= 11 is 0. The van der Waals surface area contributed by atoms with Crippen molar-refractivity contribution < 1.29 is 19.2 Å². The molecule has 2 aliphatic rings. The molecule has 0 aliphatic carbocycles. The molecule has 158 valence electrons. The van der Waals surface area contributed by atoms with E-state index in [0.717, 1.165) is 31.6 Å². The van der Waals surface area contributed by atoms with Gasteiger partial charge in [0, 0.05) is 50.3 Å². The number of anilines is 2. The predicted octanol–water partition coefficient (Wildman–Crippen LogP) is 3.39. The van der Waals surface area contributed by atoms with Gasteiger partial charge in [0.25, 0.3) is 5.69 Å². The Labute approximate surface area is 170 Å². The van der Waals surface area contributed by atoms with Crippen molar-refractivity contribution in [1.82, 2.24) is 4.90 Å². The zero-order valence-corrected chi connectivity index (χ0v) is 17.4. The number of nitro benzene ring substituents is 1. The fourth-order valence-corrected chi connectivity index (χ4v) is 4.07. The molecule has 2 fully saturated rings.